The number of carbonyl (C=O) groups excluding carboxylic acids is 2. The molecule has 1 aliphatic rings. The number of hydrogen-bond acceptors (Lipinski definition) is 6. The van der Waals surface area contributed by atoms with Gasteiger partial charge in [0, 0.05) is 25.2 Å². The molecule has 0 radical (unpaired) electrons. The average molecular weight is 566 g/mol. The van der Waals surface area contributed by atoms with Crippen LogP contribution in [0.4, 0.5) is 5.69 Å². The van der Waals surface area contributed by atoms with Crippen molar-refractivity contribution in [2.24, 2.45) is 5.92 Å². The largest absolute Gasteiger partial charge is 0.488 e. The van der Waals surface area contributed by atoms with E-state index >= 15 is 0 Å². The average Bonchev–Trinajstić information content (AvgIpc) is 2.95. The number of sulfonamides is 1. The molecule has 0 unspecified atom stereocenters. The van der Waals surface area contributed by atoms with Gasteiger partial charge in [0.05, 0.1) is 36.1 Å². The summed E-state index contributed by atoms with van der Waals surface area (Å²) >= 11 is 0. The Kier molecular flexibility index (Phi) is 9.24. The number of fused-ring (bicyclic) bond motifs is 1. The van der Waals surface area contributed by atoms with Gasteiger partial charge in [0.1, 0.15) is 11.9 Å². The molecular weight excluding hydrogens is 530 g/mol. The highest BCUT2D eigenvalue weighted by molar-refractivity contribution is 7.89. The topological polar surface area (TPSA) is 116 Å². The molecule has 2 amide bonds. The van der Waals surface area contributed by atoms with E-state index in [-0.39, 0.29) is 60.1 Å². The van der Waals surface area contributed by atoms with Crippen LogP contribution in [0, 0.1) is 5.92 Å². The Bertz CT molecular complexity index is 1430. The number of rotatable bonds is 9. The summed E-state index contributed by atoms with van der Waals surface area (Å²) < 4.78 is 34.0. The molecule has 0 aliphatic carbocycles. The first-order chi connectivity index (χ1) is 19.1. The molecule has 2 N–H and O–H groups in total. The van der Waals surface area contributed by atoms with E-state index in [1.54, 1.807) is 60.4 Å². The van der Waals surface area contributed by atoms with Crippen LogP contribution in [0.15, 0.2) is 83.8 Å². The molecule has 0 fully saturated rings. The van der Waals surface area contributed by atoms with Crippen molar-refractivity contribution in [2.45, 2.75) is 37.3 Å². The summed E-state index contributed by atoms with van der Waals surface area (Å²) in [6.45, 7) is 3.69. The van der Waals surface area contributed by atoms with Gasteiger partial charge in [-0.3, -0.25) is 9.59 Å². The Labute approximate surface area is 235 Å². The summed E-state index contributed by atoms with van der Waals surface area (Å²) in [4.78, 5) is 28.1. The number of nitrogens with zero attached hydrogens (tertiary/aromatic N) is 2. The minimum Gasteiger partial charge on any atom is -0.488 e. The Morgan fingerprint density at radius 3 is 2.40 bits per heavy atom. The molecule has 1 aliphatic heterocycles. The molecule has 1 heterocycles. The van der Waals surface area contributed by atoms with Crippen molar-refractivity contribution in [1.82, 2.24) is 9.21 Å². The Hall–Kier alpha value is -3.73. The Morgan fingerprint density at radius 2 is 1.75 bits per heavy atom. The standard InChI is InChI=1S/C30H35N3O6S/c1-21-18-33(22(2)20-34)30(36)26-17-24(31-29(35)16-23-10-6-4-7-11-23)14-15-27(26)39-28(21)19-32(3)40(37,38)25-12-8-5-9-13-25/h4-15,17,21-22,28,34H,16,18-20H2,1-3H3,(H,31,35)/t21-,22+,28-/m1/s1. The predicted molar refractivity (Wildman–Crippen MR) is 153 cm³/mol. The third-order valence-electron chi connectivity index (χ3n) is 7.04. The number of benzene rings is 3. The second kappa shape index (κ2) is 12.6. The van der Waals surface area contributed by atoms with E-state index in [2.05, 4.69) is 5.32 Å². The molecule has 3 aromatic carbocycles. The molecule has 9 nitrogen and oxygen atoms in total. The van der Waals surface area contributed by atoms with Gasteiger partial charge in [-0.25, -0.2) is 8.42 Å². The van der Waals surface area contributed by atoms with E-state index in [1.165, 1.54) is 11.4 Å². The summed E-state index contributed by atoms with van der Waals surface area (Å²) in [5, 5.41) is 12.7. The highest BCUT2D eigenvalue weighted by Crippen LogP contribution is 2.31. The SMILES string of the molecule is C[C@@H]1CN([C@@H](C)CO)C(=O)c2cc(NC(=O)Cc3ccccc3)ccc2O[C@@H]1CN(C)S(=O)(=O)c1ccccc1. The summed E-state index contributed by atoms with van der Waals surface area (Å²) in [6.07, 6.45) is -0.417. The number of amides is 2. The summed E-state index contributed by atoms with van der Waals surface area (Å²) in [7, 11) is -2.26. The molecule has 3 atom stereocenters. The van der Waals surface area contributed by atoms with Crippen LogP contribution in [0.1, 0.15) is 29.8 Å². The molecule has 0 spiro atoms. The van der Waals surface area contributed by atoms with E-state index < -0.39 is 22.2 Å². The van der Waals surface area contributed by atoms with E-state index in [4.69, 9.17) is 4.74 Å². The maximum absolute atomic E-state index is 13.7. The molecule has 10 heteroatoms. The minimum atomic E-state index is -3.77. The summed E-state index contributed by atoms with van der Waals surface area (Å²) in [6, 6.07) is 21.9. The van der Waals surface area contributed by atoms with Crippen LogP contribution in [0.2, 0.25) is 0 Å². The number of aliphatic hydroxyl groups excluding tert-OH is 1. The molecule has 3 aromatic rings. The minimum absolute atomic E-state index is 0.0446. The molecule has 0 saturated carbocycles. The third kappa shape index (κ3) is 6.70. The summed E-state index contributed by atoms with van der Waals surface area (Å²) in [5.41, 5.74) is 1.52. The fourth-order valence-electron chi connectivity index (χ4n) is 4.63. The lowest BCUT2D eigenvalue weighted by Gasteiger charge is -2.38. The smallest absolute Gasteiger partial charge is 0.258 e. The highest BCUT2D eigenvalue weighted by Gasteiger charge is 2.35. The second-order valence-corrected chi connectivity index (χ2v) is 12.2. The van der Waals surface area contributed by atoms with Crippen LogP contribution >= 0.6 is 0 Å². The fourth-order valence-corrected chi connectivity index (χ4v) is 5.83. The van der Waals surface area contributed by atoms with Crippen LogP contribution in [-0.2, 0) is 21.2 Å². The van der Waals surface area contributed by atoms with Gasteiger partial charge >= 0.3 is 0 Å². The first-order valence-corrected chi connectivity index (χ1v) is 14.6. The van der Waals surface area contributed by atoms with Gasteiger partial charge < -0.3 is 20.1 Å². The lowest BCUT2D eigenvalue weighted by molar-refractivity contribution is -0.115. The van der Waals surface area contributed by atoms with Crippen LogP contribution < -0.4 is 10.1 Å². The maximum Gasteiger partial charge on any atom is 0.258 e. The number of likely N-dealkylation sites (N-methyl/N-ethyl adjacent to an activating group) is 1. The van der Waals surface area contributed by atoms with Crippen molar-refractivity contribution in [3.8, 4) is 5.75 Å². The normalized spacial score (nSPS) is 18.3. The van der Waals surface area contributed by atoms with Crippen LogP contribution in [-0.4, -0.2) is 73.4 Å². The van der Waals surface area contributed by atoms with Gasteiger partial charge in [0.15, 0.2) is 0 Å². The Balaban J connectivity index is 1.62. The van der Waals surface area contributed by atoms with Gasteiger partial charge in [0.2, 0.25) is 15.9 Å². The van der Waals surface area contributed by atoms with Crippen LogP contribution in [0.3, 0.4) is 0 Å². The van der Waals surface area contributed by atoms with Crippen molar-refractivity contribution in [3.63, 3.8) is 0 Å². The zero-order chi connectivity index (χ0) is 28.9. The van der Waals surface area contributed by atoms with E-state index in [0.717, 1.165) is 5.56 Å². The molecule has 40 heavy (non-hydrogen) atoms. The van der Waals surface area contributed by atoms with Gasteiger partial charge in [-0.2, -0.15) is 4.31 Å². The van der Waals surface area contributed by atoms with Gasteiger partial charge in [-0.15, -0.1) is 0 Å². The lowest BCUT2D eigenvalue weighted by atomic mass is 9.99. The highest BCUT2D eigenvalue weighted by atomic mass is 32.2. The zero-order valence-corrected chi connectivity index (χ0v) is 23.7. The molecule has 0 bridgehead atoms. The van der Waals surface area contributed by atoms with E-state index in [1.807, 2.05) is 37.3 Å². The lowest BCUT2D eigenvalue weighted by Crippen LogP contribution is -2.50. The fraction of sp³-hybridized carbons (Fsp3) is 0.333. The van der Waals surface area contributed by atoms with Crippen LogP contribution in [0.25, 0.3) is 0 Å². The van der Waals surface area contributed by atoms with E-state index in [9.17, 15) is 23.1 Å². The molecule has 4 rings (SSSR count). The monoisotopic (exact) mass is 565 g/mol. The third-order valence-corrected chi connectivity index (χ3v) is 8.88. The van der Waals surface area contributed by atoms with Crippen molar-refractivity contribution >= 4 is 27.5 Å². The van der Waals surface area contributed by atoms with Crippen LogP contribution in [0.5, 0.6) is 5.75 Å². The van der Waals surface area contributed by atoms with Crippen molar-refractivity contribution in [2.75, 3.05) is 32.1 Å². The van der Waals surface area contributed by atoms with E-state index in [0.29, 0.717) is 5.69 Å². The van der Waals surface area contributed by atoms with Crippen molar-refractivity contribution < 1.29 is 27.9 Å². The number of carbonyl (C=O) groups is 2. The Morgan fingerprint density at radius 1 is 1.10 bits per heavy atom. The molecule has 0 saturated heterocycles. The maximum atomic E-state index is 13.7. The number of aliphatic hydroxyl groups is 1. The van der Waals surface area contributed by atoms with Crippen molar-refractivity contribution in [3.05, 3.63) is 90.0 Å². The number of ether oxygens (including phenoxy) is 1. The molecule has 0 aromatic heterocycles. The first-order valence-electron chi connectivity index (χ1n) is 13.2. The quantitative estimate of drug-likeness (QED) is 0.411. The number of nitrogens with one attached hydrogen (secondary N) is 1. The second-order valence-electron chi connectivity index (χ2n) is 10.1. The van der Waals surface area contributed by atoms with Crippen molar-refractivity contribution in [1.29, 1.82) is 0 Å². The summed E-state index contributed by atoms with van der Waals surface area (Å²) in [5.74, 6) is -0.551. The molecule has 212 valence electrons. The number of anilines is 1. The first kappa shape index (κ1) is 29.3. The van der Waals surface area contributed by atoms with Gasteiger partial charge in [-0.1, -0.05) is 55.5 Å². The van der Waals surface area contributed by atoms with Gasteiger partial charge in [-0.05, 0) is 42.8 Å². The molecular formula is C30H35N3O6S. The number of hydrogen-bond donors (Lipinski definition) is 2. The predicted octanol–water partition coefficient (Wildman–Crippen LogP) is 3.41. The van der Waals surface area contributed by atoms with Gasteiger partial charge in [0.25, 0.3) is 5.91 Å². The zero-order valence-electron chi connectivity index (χ0n) is 22.9.